The average Bonchev–Trinajstić information content (AvgIpc) is 3.05. The van der Waals surface area contributed by atoms with Crippen LogP contribution in [0.25, 0.3) is 0 Å². The predicted octanol–water partition coefficient (Wildman–Crippen LogP) is 2.01. The Labute approximate surface area is 135 Å². The van der Waals surface area contributed by atoms with Gasteiger partial charge in [-0.05, 0) is 27.2 Å². The summed E-state index contributed by atoms with van der Waals surface area (Å²) in [5, 5.41) is 11.7. The third-order valence-electron chi connectivity index (χ3n) is 3.37. The lowest BCUT2D eigenvalue weighted by molar-refractivity contribution is 0.392. The van der Waals surface area contributed by atoms with Gasteiger partial charge in [-0.25, -0.2) is 4.98 Å². The van der Waals surface area contributed by atoms with E-state index in [1.807, 2.05) is 20.0 Å². The highest BCUT2D eigenvalue weighted by molar-refractivity contribution is 7.11. The SMILES string of the molecule is CN=C(NCCc1ncc(C)s1)NCCc1c(C)noc1C. The fourth-order valence-corrected chi connectivity index (χ4v) is 2.98. The van der Waals surface area contributed by atoms with Crippen LogP contribution in [0.2, 0.25) is 0 Å². The highest BCUT2D eigenvalue weighted by atomic mass is 32.1. The second-order valence-electron chi connectivity index (χ2n) is 5.09. The van der Waals surface area contributed by atoms with Gasteiger partial charge in [0.1, 0.15) is 5.76 Å². The van der Waals surface area contributed by atoms with Crippen molar-refractivity contribution in [3.63, 3.8) is 0 Å². The first-order valence-corrected chi connectivity index (χ1v) is 8.19. The molecule has 0 aliphatic rings. The molecule has 22 heavy (non-hydrogen) atoms. The second kappa shape index (κ2) is 7.93. The van der Waals surface area contributed by atoms with Crippen molar-refractivity contribution < 1.29 is 4.52 Å². The Hall–Kier alpha value is -1.89. The predicted molar refractivity (Wildman–Crippen MR) is 89.6 cm³/mol. The monoisotopic (exact) mass is 321 g/mol. The van der Waals surface area contributed by atoms with Crippen LogP contribution in [0, 0.1) is 20.8 Å². The van der Waals surface area contributed by atoms with Gasteiger partial charge in [-0.1, -0.05) is 5.16 Å². The Bertz CT molecular complexity index is 612. The zero-order chi connectivity index (χ0) is 15.9. The third-order valence-corrected chi connectivity index (χ3v) is 4.35. The fraction of sp³-hybridized carbons (Fsp3) is 0.533. The molecule has 2 rings (SSSR count). The maximum Gasteiger partial charge on any atom is 0.191 e. The zero-order valence-electron chi connectivity index (χ0n) is 13.6. The van der Waals surface area contributed by atoms with Gasteiger partial charge >= 0.3 is 0 Å². The lowest BCUT2D eigenvalue weighted by Gasteiger charge is -2.11. The molecule has 2 aromatic heterocycles. The summed E-state index contributed by atoms with van der Waals surface area (Å²) in [6, 6.07) is 0. The van der Waals surface area contributed by atoms with Crippen LogP contribution in [0.1, 0.15) is 26.9 Å². The summed E-state index contributed by atoms with van der Waals surface area (Å²) >= 11 is 1.74. The molecule has 7 heteroatoms. The number of aliphatic imine (C=N–C) groups is 1. The molecule has 2 aromatic rings. The van der Waals surface area contributed by atoms with Crippen LogP contribution in [-0.2, 0) is 12.8 Å². The van der Waals surface area contributed by atoms with E-state index >= 15 is 0 Å². The van der Waals surface area contributed by atoms with Crippen LogP contribution >= 0.6 is 11.3 Å². The van der Waals surface area contributed by atoms with Crippen LogP contribution in [0.4, 0.5) is 0 Å². The standard InChI is InChI=1S/C15H23N5OS/c1-10-9-19-14(22-10)6-8-18-15(16-4)17-7-5-13-11(2)20-21-12(13)3/h9H,5-8H2,1-4H3,(H2,16,17,18). The number of hydrogen-bond donors (Lipinski definition) is 2. The number of aromatic nitrogens is 2. The molecule has 0 amide bonds. The van der Waals surface area contributed by atoms with E-state index in [9.17, 15) is 0 Å². The first-order chi connectivity index (χ1) is 10.6. The molecule has 0 aliphatic heterocycles. The van der Waals surface area contributed by atoms with Gasteiger partial charge in [-0.2, -0.15) is 0 Å². The van der Waals surface area contributed by atoms with E-state index in [1.54, 1.807) is 18.4 Å². The van der Waals surface area contributed by atoms with Crippen molar-refractivity contribution in [3.05, 3.63) is 33.1 Å². The molecule has 0 spiro atoms. The van der Waals surface area contributed by atoms with Gasteiger partial charge in [-0.15, -0.1) is 11.3 Å². The molecular weight excluding hydrogens is 298 g/mol. The molecule has 0 aliphatic carbocycles. The minimum atomic E-state index is 0.791. The van der Waals surface area contributed by atoms with Gasteiger partial charge in [-0.3, -0.25) is 4.99 Å². The molecule has 0 fully saturated rings. The maximum atomic E-state index is 5.17. The maximum absolute atomic E-state index is 5.17. The average molecular weight is 321 g/mol. The number of nitrogens with zero attached hydrogens (tertiary/aromatic N) is 3. The highest BCUT2D eigenvalue weighted by Crippen LogP contribution is 2.12. The molecule has 0 radical (unpaired) electrons. The van der Waals surface area contributed by atoms with Crippen molar-refractivity contribution in [2.24, 2.45) is 4.99 Å². The third kappa shape index (κ3) is 4.56. The van der Waals surface area contributed by atoms with Gasteiger partial charge in [0.25, 0.3) is 0 Å². The quantitative estimate of drug-likeness (QED) is 0.629. The smallest absolute Gasteiger partial charge is 0.191 e. The second-order valence-corrected chi connectivity index (χ2v) is 6.41. The van der Waals surface area contributed by atoms with Crippen LogP contribution < -0.4 is 10.6 Å². The number of nitrogens with one attached hydrogen (secondary N) is 2. The van der Waals surface area contributed by atoms with Crippen LogP contribution in [0.3, 0.4) is 0 Å². The zero-order valence-corrected chi connectivity index (χ0v) is 14.4. The molecule has 0 bridgehead atoms. The highest BCUT2D eigenvalue weighted by Gasteiger charge is 2.08. The van der Waals surface area contributed by atoms with Crippen molar-refractivity contribution in [2.75, 3.05) is 20.1 Å². The van der Waals surface area contributed by atoms with E-state index in [-0.39, 0.29) is 0 Å². The largest absolute Gasteiger partial charge is 0.361 e. The Balaban J connectivity index is 1.71. The topological polar surface area (TPSA) is 75.3 Å². The van der Waals surface area contributed by atoms with Crippen molar-refractivity contribution in [3.8, 4) is 0 Å². The van der Waals surface area contributed by atoms with E-state index < -0.39 is 0 Å². The molecule has 6 nitrogen and oxygen atoms in total. The first-order valence-electron chi connectivity index (χ1n) is 7.37. The molecule has 120 valence electrons. The minimum Gasteiger partial charge on any atom is -0.361 e. The number of guanidine groups is 1. The lowest BCUT2D eigenvalue weighted by atomic mass is 10.1. The minimum absolute atomic E-state index is 0.791. The Kier molecular flexibility index (Phi) is 5.94. The molecule has 0 atom stereocenters. The van der Waals surface area contributed by atoms with Gasteiger partial charge in [0.05, 0.1) is 10.7 Å². The first kappa shape index (κ1) is 16.5. The van der Waals surface area contributed by atoms with E-state index in [4.69, 9.17) is 4.52 Å². The van der Waals surface area contributed by atoms with Crippen molar-refractivity contribution >= 4 is 17.3 Å². The molecule has 0 saturated heterocycles. The van der Waals surface area contributed by atoms with E-state index in [1.165, 1.54) is 10.4 Å². The summed E-state index contributed by atoms with van der Waals surface area (Å²) < 4.78 is 5.17. The van der Waals surface area contributed by atoms with Gasteiger partial charge in [0.15, 0.2) is 5.96 Å². The number of rotatable bonds is 6. The van der Waals surface area contributed by atoms with Crippen LogP contribution in [0.5, 0.6) is 0 Å². The van der Waals surface area contributed by atoms with Crippen molar-refractivity contribution in [1.29, 1.82) is 0 Å². The molecule has 0 unspecified atom stereocenters. The van der Waals surface area contributed by atoms with Crippen LogP contribution in [0.15, 0.2) is 15.7 Å². The summed E-state index contributed by atoms with van der Waals surface area (Å²) in [5.74, 6) is 1.70. The molecule has 0 saturated carbocycles. The summed E-state index contributed by atoms with van der Waals surface area (Å²) in [5.41, 5.74) is 2.13. The Morgan fingerprint density at radius 2 is 1.95 bits per heavy atom. The summed E-state index contributed by atoms with van der Waals surface area (Å²) in [6.07, 6.45) is 3.69. The van der Waals surface area contributed by atoms with Gasteiger partial charge in [0, 0.05) is 43.2 Å². The summed E-state index contributed by atoms with van der Waals surface area (Å²) in [6.45, 7) is 7.59. The lowest BCUT2D eigenvalue weighted by Crippen LogP contribution is -2.39. The Morgan fingerprint density at radius 3 is 2.50 bits per heavy atom. The number of thiazole rings is 1. The van der Waals surface area contributed by atoms with E-state index in [0.29, 0.717) is 0 Å². The Morgan fingerprint density at radius 1 is 1.23 bits per heavy atom. The molecular formula is C15H23N5OS. The van der Waals surface area contributed by atoms with Gasteiger partial charge in [0.2, 0.25) is 0 Å². The molecule has 2 heterocycles. The van der Waals surface area contributed by atoms with Crippen LogP contribution in [-0.4, -0.2) is 36.2 Å². The van der Waals surface area contributed by atoms with Gasteiger partial charge < -0.3 is 15.2 Å². The number of aryl methyl sites for hydroxylation is 3. The molecule has 2 N–H and O–H groups in total. The van der Waals surface area contributed by atoms with Crippen molar-refractivity contribution in [1.82, 2.24) is 20.8 Å². The number of hydrogen-bond acceptors (Lipinski definition) is 5. The molecule has 0 aromatic carbocycles. The summed E-state index contributed by atoms with van der Waals surface area (Å²) in [4.78, 5) is 9.83. The van der Waals surface area contributed by atoms with E-state index in [2.05, 4.69) is 32.7 Å². The normalized spacial score (nSPS) is 11.7. The van der Waals surface area contributed by atoms with E-state index in [0.717, 1.165) is 48.4 Å². The summed E-state index contributed by atoms with van der Waals surface area (Å²) in [7, 11) is 1.78. The fourth-order valence-electron chi connectivity index (χ4n) is 2.19. The van der Waals surface area contributed by atoms with Crippen molar-refractivity contribution in [2.45, 2.75) is 33.6 Å².